The number of ether oxygens (including phenoxy) is 1. The van der Waals surface area contributed by atoms with Crippen LogP contribution in [0.4, 0.5) is 4.79 Å². The van der Waals surface area contributed by atoms with E-state index in [4.69, 9.17) is 4.74 Å². The summed E-state index contributed by atoms with van der Waals surface area (Å²) in [6, 6.07) is 2.97. The molecule has 2 heterocycles. The summed E-state index contributed by atoms with van der Waals surface area (Å²) < 4.78 is 5.22. The molecule has 1 fully saturated rings. The van der Waals surface area contributed by atoms with Gasteiger partial charge in [-0.25, -0.2) is 4.79 Å². The van der Waals surface area contributed by atoms with Gasteiger partial charge in [0.15, 0.2) is 6.10 Å². The molecule has 9 heteroatoms. The minimum absolute atomic E-state index is 0.0283. The van der Waals surface area contributed by atoms with Crippen LogP contribution in [0.3, 0.4) is 0 Å². The first kappa shape index (κ1) is 21.9. The summed E-state index contributed by atoms with van der Waals surface area (Å²) in [6.45, 7) is 7.71. The number of esters is 1. The first-order chi connectivity index (χ1) is 13.1. The number of urea groups is 1. The molecule has 1 saturated heterocycles. The van der Waals surface area contributed by atoms with Gasteiger partial charge in [-0.1, -0.05) is 6.07 Å². The van der Waals surface area contributed by atoms with E-state index in [0.717, 1.165) is 0 Å². The fraction of sp³-hybridized carbons (Fsp3) is 0.579. The van der Waals surface area contributed by atoms with Crippen LogP contribution in [0.25, 0.3) is 0 Å². The molecule has 154 valence electrons. The molecule has 0 unspecified atom stereocenters. The maximum atomic E-state index is 12.3. The largest absolute Gasteiger partial charge is 0.452 e. The number of amides is 4. The minimum Gasteiger partial charge on any atom is -0.452 e. The van der Waals surface area contributed by atoms with E-state index >= 15 is 0 Å². The van der Waals surface area contributed by atoms with Crippen molar-refractivity contribution < 1.29 is 23.9 Å². The van der Waals surface area contributed by atoms with E-state index in [-0.39, 0.29) is 11.8 Å². The van der Waals surface area contributed by atoms with E-state index < -0.39 is 29.6 Å². The normalized spacial score (nSPS) is 16.2. The molecule has 8 nitrogen and oxygen atoms in total. The summed E-state index contributed by atoms with van der Waals surface area (Å²) in [5.74, 6) is -1.56. The Morgan fingerprint density at radius 3 is 2.39 bits per heavy atom. The molecule has 2 N–H and O–H groups in total. The Hall–Kier alpha value is -2.42. The van der Waals surface area contributed by atoms with E-state index in [0.29, 0.717) is 30.8 Å². The van der Waals surface area contributed by atoms with Crippen LogP contribution in [0.15, 0.2) is 17.5 Å². The predicted octanol–water partition coefficient (Wildman–Crippen LogP) is 2.16. The zero-order valence-corrected chi connectivity index (χ0v) is 17.4. The number of nitrogens with zero attached hydrogens (tertiary/aromatic N) is 1. The number of rotatable bonds is 4. The third-order valence-electron chi connectivity index (χ3n) is 4.23. The highest BCUT2D eigenvalue weighted by Gasteiger charge is 2.31. The number of hydrogen-bond donors (Lipinski definition) is 2. The van der Waals surface area contributed by atoms with Crippen LogP contribution >= 0.6 is 11.3 Å². The van der Waals surface area contributed by atoms with Crippen molar-refractivity contribution in [2.45, 2.75) is 52.2 Å². The molecule has 0 bridgehead atoms. The molecule has 1 aromatic rings. The van der Waals surface area contributed by atoms with Gasteiger partial charge in [0, 0.05) is 18.6 Å². The van der Waals surface area contributed by atoms with Crippen LogP contribution in [0.5, 0.6) is 0 Å². The highest BCUT2D eigenvalue weighted by Crippen LogP contribution is 2.22. The van der Waals surface area contributed by atoms with Gasteiger partial charge in [-0.15, -0.1) is 11.3 Å². The number of carbonyl (C=O) groups excluding carboxylic acids is 4. The van der Waals surface area contributed by atoms with Crippen molar-refractivity contribution in [3.8, 4) is 0 Å². The number of nitrogens with one attached hydrogen (secondary N) is 2. The van der Waals surface area contributed by atoms with Crippen LogP contribution in [0.2, 0.25) is 0 Å². The molecule has 28 heavy (non-hydrogen) atoms. The number of imide groups is 1. The van der Waals surface area contributed by atoms with Crippen molar-refractivity contribution in [2.24, 2.45) is 5.92 Å². The molecular formula is C19H27N3O5S. The van der Waals surface area contributed by atoms with E-state index in [1.807, 2.05) is 11.4 Å². The lowest BCUT2D eigenvalue weighted by molar-refractivity contribution is -0.159. The summed E-state index contributed by atoms with van der Waals surface area (Å²) in [5, 5.41) is 6.62. The van der Waals surface area contributed by atoms with Crippen LogP contribution in [-0.2, 0) is 14.3 Å². The van der Waals surface area contributed by atoms with Crippen molar-refractivity contribution in [3.63, 3.8) is 0 Å². The quantitative estimate of drug-likeness (QED) is 0.742. The molecule has 1 aromatic heterocycles. The fourth-order valence-electron chi connectivity index (χ4n) is 2.78. The first-order valence-corrected chi connectivity index (χ1v) is 10.1. The van der Waals surface area contributed by atoms with Gasteiger partial charge in [-0.2, -0.15) is 0 Å². The molecule has 2 rings (SSSR count). The van der Waals surface area contributed by atoms with Crippen molar-refractivity contribution in [3.05, 3.63) is 22.4 Å². The van der Waals surface area contributed by atoms with Crippen LogP contribution < -0.4 is 10.6 Å². The van der Waals surface area contributed by atoms with Gasteiger partial charge < -0.3 is 15.0 Å². The van der Waals surface area contributed by atoms with Gasteiger partial charge >= 0.3 is 12.0 Å². The Labute approximate surface area is 168 Å². The van der Waals surface area contributed by atoms with E-state index in [1.54, 1.807) is 31.7 Å². The molecule has 0 saturated carbocycles. The number of hydrogen-bond acceptors (Lipinski definition) is 6. The highest BCUT2D eigenvalue weighted by atomic mass is 32.1. The maximum absolute atomic E-state index is 12.3. The average molecular weight is 410 g/mol. The Bertz CT molecular complexity index is 718. The van der Waals surface area contributed by atoms with Gasteiger partial charge in [-0.05, 0) is 52.0 Å². The topological polar surface area (TPSA) is 105 Å². The molecule has 1 atom stereocenters. The molecule has 1 aliphatic heterocycles. The number of likely N-dealkylation sites (tertiary alicyclic amines) is 1. The smallest absolute Gasteiger partial charge is 0.321 e. The van der Waals surface area contributed by atoms with Crippen molar-refractivity contribution >= 4 is 35.2 Å². The van der Waals surface area contributed by atoms with Gasteiger partial charge in [0.1, 0.15) is 0 Å². The lowest BCUT2D eigenvalue weighted by Gasteiger charge is -2.31. The Morgan fingerprint density at radius 2 is 1.86 bits per heavy atom. The lowest BCUT2D eigenvalue weighted by Crippen LogP contribution is -2.51. The third-order valence-corrected chi connectivity index (χ3v) is 5.09. The molecular weight excluding hydrogens is 382 g/mol. The zero-order chi connectivity index (χ0) is 20.9. The number of thiophene rings is 1. The molecule has 4 amide bonds. The van der Waals surface area contributed by atoms with E-state index in [1.165, 1.54) is 18.3 Å². The highest BCUT2D eigenvalue weighted by molar-refractivity contribution is 7.12. The SMILES string of the molecule is C[C@@H](OC(=O)C1CCN(C(=O)c2cccs2)CC1)C(=O)NC(=O)NC(C)(C)C. The second kappa shape index (κ2) is 9.18. The molecule has 1 aliphatic rings. The average Bonchev–Trinajstić information content (AvgIpc) is 3.14. The zero-order valence-electron chi connectivity index (χ0n) is 16.6. The van der Waals surface area contributed by atoms with Gasteiger partial charge in [-0.3, -0.25) is 19.7 Å². The molecule has 0 radical (unpaired) electrons. The Kier molecular flexibility index (Phi) is 7.17. The van der Waals surface area contributed by atoms with E-state index in [9.17, 15) is 19.2 Å². The predicted molar refractivity (Wildman–Crippen MR) is 105 cm³/mol. The second-order valence-electron chi connectivity index (χ2n) is 7.82. The van der Waals surface area contributed by atoms with Gasteiger partial charge in [0.05, 0.1) is 10.8 Å². The molecule has 0 aliphatic carbocycles. The summed E-state index contributed by atoms with van der Waals surface area (Å²) in [5.41, 5.74) is -0.487. The van der Waals surface area contributed by atoms with Crippen LogP contribution in [0, 0.1) is 5.92 Å². The summed E-state index contributed by atoms with van der Waals surface area (Å²) >= 11 is 1.39. The van der Waals surface area contributed by atoms with Crippen LogP contribution in [0.1, 0.15) is 50.2 Å². The second-order valence-corrected chi connectivity index (χ2v) is 8.76. The summed E-state index contributed by atoms with van der Waals surface area (Å²) in [7, 11) is 0. The maximum Gasteiger partial charge on any atom is 0.321 e. The van der Waals surface area contributed by atoms with Gasteiger partial charge in [0.2, 0.25) is 0 Å². The minimum atomic E-state index is -1.08. The Balaban J connectivity index is 1.78. The van der Waals surface area contributed by atoms with Gasteiger partial charge in [0.25, 0.3) is 11.8 Å². The summed E-state index contributed by atoms with van der Waals surface area (Å²) in [6.07, 6.45) is -0.118. The van der Waals surface area contributed by atoms with Crippen LogP contribution in [-0.4, -0.2) is 53.4 Å². The van der Waals surface area contributed by atoms with Crippen molar-refractivity contribution in [1.82, 2.24) is 15.5 Å². The van der Waals surface area contributed by atoms with E-state index in [2.05, 4.69) is 10.6 Å². The monoisotopic (exact) mass is 409 g/mol. The standard InChI is InChI=1S/C19H27N3O5S/c1-12(15(23)20-18(26)21-19(2,3)4)27-17(25)13-7-9-22(10-8-13)16(24)14-6-5-11-28-14/h5-6,11-13H,7-10H2,1-4H3,(H2,20,21,23,26)/t12-/m1/s1. The first-order valence-electron chi connectivity index (χ1n) is 9.23. The molecule has 0 spiro atoms. The number of piperidine rings is 1. The Morgan fingerprint density at radius 1 is 1.21 bits per heavy atom. The summed E-state index contributed by atoms with van der Waals surface area (Å²) in [4.78, 5) is 50.8. The van der Waals surface area contributed by atoms with Crippen molar-refractivity contribution in [2.75, 3.05) is 13.1 Å². The fourth-order valence-corrected chi connectivity index (χ4v) is 3.47. The lowest BCUT2D eigenvalue weighted by atomic mass is 9.97. The number of carbonyl (C=O) groups is 4. The molecule has 0 aromatic carbocycles. The third kappa shape index (κ3) is 6.33. The van der Waals surface area contributed by atoms with Crippen molar-refractivity contribution in [1.29, 1.82) is 0 Å².